The van der Waals surface area contributed by atoms with Gasteiger partial charge < -0.3 is 5.32 Å². The van der Waals surface area contributed by atoms with Crippen LogP contribution in [-0.4, -0.2) is 26.7 Å². The fourth-order valence-electron chi connectivity index (χ4n) is 1.59. The molecule has 0 unspecified atom stereocenters. The summed E-state index contributed by atoms with van der Waals surface area (Å²) in [6, 6.07) is 8.13. The molecule has 0 atom stereocenters. The molecular weight excluding hydrogens is 234 g/mol. The van der Waals surface area contributed by atoms with Crippen molar-refractivity contribution in [1.29, 1.82) is 0 Å². The quantitative estimate of drug-likeness (QED) is 0.738. The summed E-state index contributed by atoms with van der Waals surface area (Å²) < 4.78 is 1.20. The standard InChI is InChI=1S/C11H11N5S/c1-2-4-9-8(3-1)15-11(17-9)12-6-5-10-13-7-14-16-10/h1-4,7H,5-6H2,(H,12,15)(H,13,14,16). The Morgan fingerprint density at radius 1 is 1.29 bits per heavy atom. The van der Waals surface area contributed by atoms with Gasteiger partial charge in [-0.25, -0.2) is 9.97 Å². The summed E-state index contributed by atoms with van der Waals surface area (Å²) in [6.07, 6.45) is 2.34. The third-order valence-electron chi connectivity index (χ3n) is 2.40. The van der Waals surface area contributed by atoms with Crippen molar-refractivity contribution in [3.63, 3.8) is 0 Å². The van der Waals surface area contributed by atoms with Gasteiger partial charge in [-0.05, 0) is 12.1 Å². The van der Waals surface area contributed by atoms with Gasteiger partial charge in [-0.15, -0.1) is 0 Å². The minimum atomic E-state index is 0.801. The van der Waals surface area contributed by atoms with E-state index in [1.165, 1.54) is 11.0 Å². The van der Waals surface area contributed by atoms with Gasteiger partial charge in [-0.3, -0.25) is 5.10 Å². The number of hydrogen-bond donors (Lipinski definition) is 2. The number of fused-ring (bicyclic) bond motifs is 1. The van der Waals surface area contributed by atoms with E-state index in [1.54, 1.807) is 11.3 Å². The van der Waals surface area contributed by atoms with Crippen LogP contribution >= 0.6 is 11.3 Å². The number of anilines is 1. The molecule has 3 rings (SSSR count). The molecule has 2 aromatic heterocycles. The smallest absolute Gasteiger partial charge is 0.183 e. The van der Waals surface area contributed by atoms with Crippen molar-refractivity contribution in [2.75, 3.05) is 11.9 Å². The average molecular weight is 245 g/mol. The van der Waals surface area contributed by atoms with Crippen LogP contribution in [0.3, 0.4) is 0 Å². The molecular formula is C11H11N5S. The predicted molar refractivity (Wildman–Crippen MR) is 68.2 cm³/mol. The number of H-pyrrole nitrogens is 1. The molecule has 2 heterocycles. The lowest BCUT2D eigenvalue weighted by atomic mass is 10.3. The molecule has 5 nitrogen and oxygen atoms in total. The molecule has 17 heavy (non-hydrogen) atoms. The van der Waals surface area contributed by atoms with Crippen molar-refractivity contribution in [2.24, 2.45) is 0 Å². The first-order chi connectivity index (χ1) is 8.42. The first kappa shape index (κ1) is 10.2. The maximum atomic E-state index is 4.49. The van der Waals surface area contributed by atoms with Crippen LogP contribution in [0, 0.1) is 0 Å². The fraction of sp³-hybridized carbons (Fsp3) is 0.182. The molecule has 0 radical (unpaired) electrons. The number of benzene rings is 1. The van der Waals surface area contributed by atoms with Crippen molar-refractivity contribution in [3.8, 4) is 0 Å². The lowest BCUT2D eigenvalue weighted by Gasteiger charge is -1.98. The molecule has 86 valence electrons. The highest BCUT2D eigenvalue weighted by Crippen LogP contribution is 2.25. The molecule has 0 saturated carbocycles. The number of rotatable bonds is 4. The highest BCUT2D eigenvalue weighted by atomic mass is 32.1. The molecule has 0 aliphatic rings. The number of para-hydroxylation sites is 1. The van der Waals surface area contributed by atoms with E-state index in [-0.39, 0.29) is 0 Å². The number of aromatic nitrogens is 4. The van der Waals surface area contributed by atoms with Gasteiger partial charge in [0.05, 0.1) is 10.2 Å². The molecule has 0 fully saturated rings. The van der Waals surface area contributed by atoms with Crippen LogP contribution in [0.2, 0.25) is 0 Å². The Kier molecular flexibility index (Phi) is 2.71. The van der Waals surface area contributed by atoms with E-state index < -0.39 is 0 Å². The van der Waals surface area contributed by atoms with Gasteiger partial charge in [-0.1, -0.05) is 23.5 Å². The van der Waals surface area contributed by atoms with Gasteiger partial charge in [-0.2, -0.15) is 5.10 Å². The second-order valence-electron chi connectivity index (χ2n) is 3.60. The monoisotopic (exact) mass is 245 g/mol. The van der Waals surface area contributed by atoms with Gasteiger partial charge in [0.25, 0.3) is 0 Å². The third kappa shape index (κ3) is 2.26. The third-order valence-corrected chi connectivity index (χ3v) is 3.39. The summed E-state index contributed by atoms with van der Waals surface area (Å²) in [5, 5.41) is 10.9. The number of thiazole rings is 1. The summed E-state index contributed by atoms with van der Waals surface area (Å²) in [4.78, 5) is 8.56. The van der Waals surface area contributed by atoms with E-state index in [9.17, 15) is 0 Å². The van der Waals surface area contributed by atoms with E-state index >= 15 is 0 Å². The topological polar surface area (TPSA) is 66.5 Å². The Morgan fingerprint density at radius 3 is 3.06 bits per heavy atom. The maximum Gasteiger partial charge on any atom is 0.183 e. The Morgan fingerprint density at radius 2 is 2.24 bits per heavy atom. The SMILES string of the molecule is c1ccc2sc(NCCc3ncn[nH]3)nc2c1. The van der Waals surface area contributed by atoms with Gasteiger partial charge in [0.15, 0.2) is 5.13 Å². The average Bonchev–Trinajstić information content (AvgIpc) is 2.96. The van der Waals surface area contributed by atoms with Crippen molar-refractivity contribution in [3.05, 3.63) is 36.4 Å². The summed E-state index contributed by atoms with van der Waals surface area (Å²) in [5.41, 5.74) is 1.04. The van der Waals surface area contributed by atoms with Crippen molar-refractivity contribution in [1.82, 2.24) is 20.2 Å². The summed E-state index contributed by atoms with van der Waals surface area (Å²) in [7, 11) is 0. The zero-order chi connectivity index (χ0) is 11.5. The Balaban J connectivity index is 1.65. The van der Waals surface area contributed by atoms with Gasteiger partial charge in [0.2, 0.25) is 0 Å². The lowest BCUT2D eigenvalue weighted by molar-refractivity contribution is 0.900. The van der Waals surface area contributed by atoms with Crippen LogP contribution < -0.4 is 5.32 Å². The second kappa shape index (κ2) is 4.50. The molecule has 0 aliphatic heterocycles. The number of aromatic amines is 1. The van der Waals surface area contributed by atoms with Crippen LogP contribution in [-0.2, 0) is 6.42 Å². The van der Waals surface area contributed by atoms with Crippen LogP contribution in [0.4, 0.5) is 5.13 Å². The molecule has 6 heteroatoms. The highest BCUT2D eigenvalue weighted by Gasteiger charge is 2.02. The molecule has 2 N–H and O–H groups in total. The summed E-state index contributed by atoms with van der Waals surface area (Å²) in [5.74, 6) is 0.888. The summed E-state index contributed by atoms with van der Waals surface area (Å²) >= 11 is 1.67. The maximum absolute atomic E-state index is 4.49. The number of hydrogen-bond acceptors (Lipinski definition) is 5. The molecule has 0 aliphatic carbocycles. The molecule has 0 amide bonds. The Bertz CT molecular complexity index is 568. The van der Waals surface area contributed by atoms with Gasteiger partial charge in [0, 0.05) is 13.0 Å². The number of nitrogens with one attached hydrogen (secondary N) is 2. The first-order valence-electron chi connectivity index (χ1n) is 5.35. The van der Waals surface area contributed by atoms with Gasteiger partial charge >= 0.3 is 0 Å². The highest BCUT2D eigenvalue weighted by molar-refractivity contribution is 7.22. The minimum Gasteiger partial charge on any atom is -0.361 e. The predicted octanol–water partition coefficient (Wildman–Crippen LogP) is 2.07. The lowest BCUT2D eigenvalue weighted by Crippen LogP contribution is -2.05. The summed E-state index contributed by atoms with van der Waals surface area (Å²) in [6.45, 7) is 0.801. The van der Waals surface area contributed by atoms with Crippen LogP contribution in [0.5, 0.6) is 0 Å². The first-order valence-corrected chi connectivity index (χ1v) is 6.17. The zero-order valence-corrected chi connectivity index (χ0v) is 9.87. The Hall–Kier alpha value is -1.95. The van der Waals surface area contributed by atoms with E-state index in [1.807, 2.05) is 18.2 Å². The minimum absolute atomic E-state index is 0.801. The zero-order valence-electron chi connectivity index (χ0n) is 9.05. The number of nitrogens with zero attached hydrogens (tertiary/aromatic N) is 3. The largest absolute Gasteiger partial charge is 0.361 e. The Labute approximate surface area is 102 Å². The van der Waals surface area contributed by atoms with Crippen molar-refractivity contribution in [2.45, 2.75) is 6.42 Å². The van der Waals surface area contributed by atoms with Crippen LogP contribution in [0.25, 0.3) is 10.2 Å². The normalized spacial score (nSPS) is 10.8. The van der Waals surface area contributed by atoms with Crippen LogP contribution in [0.1, 0.15) is 5.82 Å². The molecule has 3 aromatic rings. The van der Waals surface area contributed by atoms with E-state index in [2.05, 4.69) is 31.5 Å². The van der Waals surface area contributed by atoms with Crippen molar-refractivity contribution < 1.29 is 0 Å². The molecule has 0 spiro atoms. The van der Waals surface area contributed by atoms with Crippen LogP contribution in [0.15, 0.2) is 30.6 Å². The molecule has 0 saturated heterocycles. The molecule has 0 bridgehead atoms. The van der Waals surface area contributed by atoms with Crippen molar-refractivity contribution >= 4 is 26.7 Å². The van der Waals surface area contributed by atoms with E-state index in [0.717, 1.165) is 29.4 Å². The van der Waals surface area contributed by atoms with Gasteiger partial charge in [0.1, 0.15) is 12.2 Å². The fourth-order valence-corrected chi connectivity index (χ4v) is 2.48. The molecule has 1 aromatic carbocycles. The van der Waals surface area contributed by atoms with E-state index in [0.29, 0.717) is 0 Å². The van der Waals surface area contributed by atoms with E-state index in [4.69, 9.17) is 0 Å². The second-order valence-corrected chi connectivity index (χ2v) is 4.63.